The SMILES string of the molecule is CC(C)N(C(=O)COC(=O)c1ccc(-c2ccc(O)cc2)cc1)c1ccccc1. The molecule has 5 nitrogen and oxygen atoms in total. The molecule has 0 saturated carbocycles. The molecule has 3 aromatic carbocycles. The van der Waals surface area contributed by atoms with Gasteiger partial charge in [0.15, 0.2) is 6.61 Å². The number of benzene rings is 3. The van der Waals surface area contributed by atoms with E-state index < -0.39 is 5.97 Å². The van der Waals surface area contributed by atoms with Crippen LogP contribution in [0.2, 0.25) is 0 Å². The molecular weight excluding hydrogens is 366 g/mol. The van der Waals surface area contributed by atoms with Crippen LogP contribution in [0, 0.1) is 0 Å². The maximum absolute atomic E-state index is 12.6. The van der Waals surface area contributed by atoms with E-state index in [0.717, 1.165) is 16.8 Å². The first-order valence-corrected chi connectivity index (χ1v) is 9.39. The smallest absolute Gasteiger partial charge is 0.338 e. The van der Waals surface area contributed by atoms with E-state index in [-0.39, 0.29) is 24.3 Å². The lowest BCUT2D eigenvalue weighted by Gasteiger charge is -2.26. The van der Waals surface area contributed by atoms with Crippen LogP contribution in [-0.2, 0) is 9.53 Å². The van der Waals surface area contributed by atoms with Gasteiger partial charge in [-0.1, -0.05) is 42.5 Å². The van der Waals surface area contributed by atoms with Crippen LogP contribution in [0.15, 0.2) is 78.9 Å². The van der Waals surface area contributed by atoms with Crippen molar-refractivity contribution < 1.29 is 19.4 Å². The van der Waals surface area contributed by atoms with Crippen LogP contribution in [0.4, 0.5) is 5.69 Å². The zero-order valence-electron chi connectivity index (χ0n) is 16.4. The van der Waals surface area contributed by atoms with E-state index >= 15 is 0 Å². The van der Waals surface area contributed by atoms with E-state index in [1.807, 2.05) is 44.2 Å². The van der Waals surface area contributed by atoms with E-state index in [1.54, 1.807) is 53.4 Å². The summed E-state index contributed by atoms with van der Waals surface area (Å²) in [5.41, 5.74) is 2.97. The highest BCUT2D eigenvalue weighted by atomic mass is 16.5. The number of para-hydroxylation sites is 1. The van der Waals surface area contributed by atoms with E-state index in [9.17, 15) is 14.7 Å². The summed E-state index contributed by atoms with van der Waals surface area (Å²) >= 11 is 0. The summed E-state index contributed by atoms with van der Waals surface area (Å²) in [7, 11) is 0. The lowest BCUT2D eigenvalue weighted by molar-refractivity contribution is -0.122. The summed E-state index contributed by atoms with van der Waals surface area (Å²) in [4.78, 5) is 26.6. The summed E-state index contributed by atoms with van der Waals surface area (Å²) in [5.74, 6) is -0.628. The first kappa shape index (κ1) is 20.1. The van der Waals surface area contributed by atoms with Gasteiger partial charge in [-0.2, -0.15) is 0 Å². The van der Waals surface area contributed by atoms with E-state index in [1.165, 1.54) is 0 Å². The molecule has 0 heterocycles. The molecule has 0 aromatic heterocycles. The topological polar surface area (TPSA) is 66.8 Å². The van der Waals surface area contributed by atoms with Crippen molar-refractivity contribution in [1.82, 2.24) is 0 Å². The Morgan fingerprint density at radius 2 is 1.41 bits per heavy atom. The number of ether oxygens (including phenoxy) is 1. The Bertz CT molecular complexity index is 964. The number of phenols is 1. The first-order valence-electron chi connectivity index (χ1n) is 9.39. The minimum atomic E-state index is -0.549. The van der Waals surface area contributed by atoms with Gasteiger partial charge in [-0.05, 0) is 61.4 Å². The lowest BCUT2D eigenvalue weighted by Crippen LogP contribution is -2.39. The van der Waals surface area contributed by atoms with Crippen molar-refractivity contribution in [2.24, 2.45) is 0 Å². The third-order valence-electron chi connectivity index (χ3n) is 4.47. The minimum Gasteiger partial charge on any atom is -0.508 e. The van der Waals surface area contributed by atoms with Crippen molar-refractivity contribution in [1.29, 1.82) is 0 Å². The molecule has 0 radical (unpaired) electrons. The molecule has 3 aromatic rings. The van der Waals surface area contributed by atoms with Gasteiger partial charge in [0.1, 0.15) is 5.75 Å². The van der Waals surface area contributed by atoms with Gasteiger partial charge in [-0.25, -0.2) is 4.79 Å². The Balaban J connectivity index is 1.64. The van der Waals surface area contributed by atoms with Gasteiger partial charge in [0.2, 0.25) is 0 Å². The number of carbonyl (C=O) groups excluding carboxylic acids is 2. The first-order chi connectivity index (χ1) is 14.0. The number of hydrogen-bond acceptors (Lipinski definition) is 4. The summed E-state index contributed by atoms with van der Waals surface area (Å²) in [5, 5.41) is 9.38. The summed E-state index contributed by atoms with van der Waals surface area (Å²) in [6, 6.07) is 23.0. The number of carbonyl (C=O) groups is 2. The number of amides is 1. The zero-order valence-corrected chi connectivity index (χ0v) is 16.4. The molecule has 0 aliphatic rings. The monoisotopic (exact) mass is 389 g/mol. The zero-order chi connectivity index (χ0) is 20.8. The molecule has 0 fully saturated rings. The molecule has 3 rings (SSSR count). The van der Waals surface area contributed by atoms with Crippen LogP contribution in [0.25, 0.3) is 11.1 Å². The number of hydrogen-bond donors (Lipinski definition) is 1. The predicted molar refractivity (Wildman–Crippen MR) is 113 cm³/mol. The number of phenolic OH excluding ortho intramolecular Hbond substituents is 1. The fraction of sp³-hybridized carbons (Fsp3) is 0.167. The van der Waals surface area contributed by atoms with Crippen molar-refractivity contribution in [3.8, 4) is 16.9 Å². The number of nitrogens with zero attached hydrogens (tertiary/aromatic N) is 1. The Morgan fingerprint density at radius 3 is 1.97 bits per heavy atom. The maximum atomic E-state index is 12.6. The van der Waals surface area contributed by atoms with Crippen LogP contribution in [0.3, 0.4) is 0 Å². The third-order valence-corrected chi connectivity index (χ3v) is 4.47. The second kappa shape index (κ2) is 9.06. The number of rotatable bonds is 6. The summed E-state index contributed by atoms with van der Waals surface area (Å²) < 4.78 is 5.24. The highest BCUT2D eigenvalue weighted by molar-refractivity contribution is 5.97. The van der Waals surface area contributed by atoms with Crippen molar-refractivity contribution in [2.75, 3.05) is 11.5 Å². The van der Waals surface area contributed by atoms with Gasteiger partial charge in [-0.3, -0.25) is 4.79 Å². The average molecular weight is 389 g/mol. The summed E-state index contributed by atoms with van der Waals surface area (Å²) in [6.45, 7) is 3.50. The summed E-state index contributed by atoms with van der Waals surface area (Å²) in [6.07, 6.45) is 0. The molecule has 1 amide bonds. The Morgan fingerprint density at radius 1 is 0.862 bits per heavy atom. The van der Waals surface area contributed by atoms with Gasteiger partial charge in [0.05, 0.1) is 5.56 Å². The second-order valence-electron chi connectivity index (χ2n) is 6.89. The van der Waals surface area contributed by atoms with Crippen LogP contribution in [-0.4, -0.2) is 29.6 Å². The molecule has 0 bridgehead atoms. The van der Waals surface area contributed by atoms with Gasteiger partial charge < -0.3 is 14.7 Å². The molecule has 0 spiro atoms. The molecule has 0 aliphatic carbocycles. The molecule has 0 unspecified atom stereocenters. The van der Waals surface area contributed by atoms with Crippen molar-refractivity contribution >= 4 is 17.6 Å². The van der Waals surface area contributed by atoms with Crippen molar-refractivity contribution in [3.05, 3.63) is 84.4 Å². The van der Waals surface area contributed by atoms with Crippen molar-refractivity contribution in [3.63, 3.8) is 0 Å². The van der Waals surface area contributed by atoms with Crippen LogP contribution >= 0.6 is 0 Å². The van der Waals surface area contributed by atoms with Crippen LogP contribution in [0.1, 0.15) is 24.2 Å². The van der Waals surface area contributed by atoms with Gasteiger partial charge in [0, 0.05) is 11.7 Å². The molecule has 0 aliphatic heterocycles. The quantitative estimate of drug-likeness (QED) is 0.623. The van der Waals surface area contributed by atoms with E-state index in [0.29, 0.717) is 5.56 Å². The molecule has 0 saturated heterocycles. The molecular formula is C24H23NO4. The average Bonchev–Trinajstić information content (AvgIpc) is 2.73. The Hall–Kier alpha value is -3.60. The predicted octanol–water partition coefficient (Wildman–Crippen LogP) is 4.66. The van der Waals surface area contributed by atoms with Crippen molar-refractivity contribution in [2.45, 2.75) is 19.9 Å². The van der Waals surface area contributed by atoms with Gasteiger partial charge in [0.25, 0.3) is 5.91 Å². The lowest BCUT2D eigenvalue weighted by atomic mass is 10.0. The molecule has 148 valence electrons. The Labute approximate surface area is 170 Å². The molecule has 0 atom stereocenters. The van der Waals surface area contributed by atoms with Crippen LogP contribution in [0.5, 0.6) is 5.75 Å². The minimum absolute atomic E-state index is 0.0619. The number of esters is 1. The molecule has 5 heteroatoms. The second-order valence-corrected chi connectivity index (χ2v) is 6.89. The third kappa shape index (κ3) is 5.02. The van der Waals surface area contributed by atoms with E-state index in [4.69, 9.17) is 4.74 Å². The standard InChI is InChI=1S/C24H23NO4/c1-17(2)25(21-6-4-3-5-7-21)23(27)16-29-24(28)20-10-8-18(9-11-20)19-12-14-22(26)15-13-19/h3-15,17,26H,16H2,1-2H3. The number of anilines is 1. The highest BCUT2D eigenvalue weighted by Gasteiger charge is 2.20. The fourth-order valence-electron chi connectivity index (χ4n) is 3.05. The fourth-order valence-corrected chi connectivity index (χ4v) is 3.05. The Kier molecular flexibility index (Phi) is 6.29. The van der Waals surface area contributed by atoms with Crippen LogP contribution < -0.4 is 4.90 Å². The largest absolute Gasteiger partial charge is 0.508 e. The number of aromatic hydroxyl groups is 1. The van der Waals surface area contributed by atoms with Gasteiger partial charge >= 0.3 is 5.97 Å². The van der Waals surface area contributed by atoms with Gasteiger partial charge in [-0.15, -0.1) is 0 Å². The molecule has 1 N–H and O–H groups in total. The van der Waals surface area contributed by atoms with E-state index in [2.05, 4.69) is 0 Å². The highest BCUT2D eigenvalue weighted by Crippen LogP contribution is 2.22. The molecule has 29 heavy (non-hydrogen) atoms. The maximum Gasteiger partial charge on any atom is 0.338 e. The normalized spacial score (nSPS) is 10.6.